The van der Waals surface area contributed by atoms with Crippen molar-refractivity contribution in [1.29, 1.82) is 0 Å². The Morgan fingerprint density at radius 3 is 1.05 bits per heavy atom. The molecular formula is C37H75N2O19P. The van der Waals surface area contributed by atoms with Gasteiger partial charge in [0.1, 0.15) is 5.60 Å². The molecule has 22 heteroatoms. The third-order valence-electron chi connectivity index (χ3n) is 6.62. The van der Waals surface area contributed by atoms with Gasteiger partial charge < -0.3 is 77.1 Å². The number of phosphoric ester groups is 1. The molecule has 0 bridgehead atoms. The molecule has 1 unspecified atom stereocenters. The average molecular weight is 883 g/mol. The number of ether oxygens (including phenoxy) is 13. The zero-order valence-electron chi connectivity index (χ0n) is 36.0. The topological polar surface area (TPSA) is 234 Å². The van der Waals surface area contributed by atoms with Crippen LogP contribution in [0.5, 0.6) is 0 Å². The number of alkyl carbamates (subject to hydrolysis) is 1. The zero-order chi connectivity index (χ0) is 43.4. The summed E-state index contributed by atoms with van der Waals surface area (Å²) in [7, 11) is -4.07. The van der Waals surface area contributed by atoms with Gasteiger partial charge in [0.25, 0.3) is 0 Å². The lowest BCUT2D eigenvalue weighted by Crippen LogP contribution is -2.34. The van der Waals surface area contributed by atoms with E-state index in [9.17, 15) is 19.0 Å². The van der Waals surface area contributed by atoms with Crippen LogP contribution in [0.15, 0.2) is 0 Å². The first-order valence-electron chi connectivity index (χ1n) is 20.3. The SMILES string of the molecule is CCCOP(=O)(O)OCCNC(=O)CCOCCOCCOCCOCCOCCOCCOCCOCCOCCOCCOCCOCCNC(=O)OC(C)(C)C. The van der Waals surface area contributed by atoms with E-state index in [2.05, 4.69) is 10.6 Å². The predicted octanol–water partition coefficient (Wildman–Crippen LogP) is 1.76. The highest BCUT2D eigenvalue weighted by Gasteiger charge is 2.20. The first-order valence-corrected chi connectivity index (χ1v) is 21.8. The Kier molecular flexibility index (Phi) is 41.8. The van der Waals surface area contributed by atoms with Crippen molar-refractivity contribution in [2.45, 2.75) is 46.1 Å². The van der Waals surface area contributed by atoms with E-state index in [0.29, 0.717) is 165 Å². The molecule has 1 atom stereocenters. The number of rotatable bonds is 46. The Hall–Kier alpha value is -1.63. The second kappa shape index (κ2) is 43.0. The Morgan fingerprint density at radius 1 is 0.441 bits per heavy atom. The summed E-state index contributed by atoms with van der Waals surface area (Å²) >= 11 is 0. The number of carbonyl (C=O) groups excluding carboxylic acids is 2. The number of hydrogen-bond acceptors (Lipinski definition) is 18. The van der Waals surface area contributed by atoms with Crippen molar-refractivity contribution >= 4 is 19.8 Å². The van der Waals surface area contributed by atoms with Gasteiger partial charge in [-0.3, -0.25) is 13.8 Å². The maximum Gasteiger partial charge on any atom is 0.472 e. The smallest absolute Gasteiger partial charge is 0.444 e. The minimum Gasteiger partial charge on any atom is -0.444 e. The van der Waals surface area contributed by atoms with Gasteiger partial charge in [-0.15, -0.1) is 0 Å². The highest BCUT2D eigenvalue weighted by Crippen LogP contribution is 2.42. The maximum absolute atomic E-state index is 11.7. The number of phosphoric acid groups is 1. The van der Waals surface area contributed by atoms with Crippen LogP contribution in [0.25, 0.3) is 0 Å². The number of amides is 2. The van der Waals surface area contributed by atoms with Gasteiger partial charge in [0.15, 0.2) is 0 Å². The van der Waals surface area contributed by atoms with Gasteiger partial charge in [0.2, 0.25) is 5.91 Å². The van der Waals surface area contributed by atoms with Crippen LogP contribution in [0.3, 0.4) is 0 Å². The van der Waals surface area contributed by atoms with Gasteiger partial charge in [-0.1, -0.05) is 6.92 Å². The molecule has 0 aromatic carbocycles. The molecule has 0 aromatic rings. The molecule has 0 spiro atoms. The standard InChI is InChI=1S/C37H75N2O19P/c1-5-9-56-59(42,43)57-12-8-38-35(40)6-10-44-13-15-46-17-19-48-21-23-50-25-27-52-29-31-54-33-34-55-32-30-53-28-26-51-24-22-49-20-18-47-16-14-45-11-7-39-36(41)58-37(2,3)4/h5-34H2,1-4H3,(H,38,40)(H,39,41)(H,42,43). The highest BCUT2D eigenvalue weighted by atomic mass is 31.2. The number of carbonyl (C=O) groups is 2. The molecule has 21 nitrogen and oxygen atoms in total. The molecular weight excluding hydrogens is 807 g/mol. The molecule has 0 rings (SSSR count). The van der Waals surface area contributed by atoms with E-state index < -0.39 is 19.5 Å². The van der Waals surface area contributed by atoms with E-state index in [-0.39, 0.29) is 38.7 Å². The van der Waals surface area contributed by atoms with Crippen molar-refractivity contribution in [2.24, 2.45) is 0 Å². The first kappa shape index (κ1) is 57.4. The summed E-state index contributed by atoms with van der Waals surface area (Å²) in [6.45, 7) is 18.1. The van der Waals surface area contributed by atoms with Crippen molar-refractivity contribution in [1.82, 2.24) is 10.6 Å². The highest BCUT2D eigenvalue weighted by molar-refractivity contribution is 7.47. The van der Waals surface area contributed by atoms with E-state index in [0.717, 1.165) is 0 Å². The Bertz CT molecular complexity index is 982. The van der Waals surface area contributed by atoms with Crippen molar-refractivity contribution < 1.29 is 89.7 Å². The summed E-state index contributed by atoms with van der Waals surface area (Å²) < 4.78 is 91.5. The molecule has 0 aromatic heterocycles. The van der Waals surface area contributed by atoms with E-state index >= 15 is 0 Å². The summed E-state index contributed by atoms with van der Waals surface area (Å²) in [5.41, 5.74) is -0.521. The fourth-order valence-electron chi connectivity index (χ4n) is 3.91. The van der Waals surface area contributed by atoms with E-state index in [1.54, 1.807) is 0 Å². The normalized spacial score (nSPS) is 12.8. The van der Waals surface area contributed by atoms with Gasteiger partial charge in [-0.25, -0.2) is 9.36 Å². The fraction of sp³-hybridized carbons (Fsp3) is 0.946. The number of hydrogen-bond donors (Lipinski definition) is 3. The minimum atomic E-state index is -4.07. The molecule has 0 fully saturated rings. The Labute approximate surface area is 350 Å². The second-order valence-corrected chi connectivity index (χ2v) is 14.5. The van der Waals surface area contributed by atoms with Crippen LogP contribution in [-0.2, 0) is 80.0 Å². The molecule has 0 heterocycles. The lowest BCUT2D eigenvalue weighted by molar-refractivity contribution is -0.122. The lowest BCUT2D eigenvalue weighted by atomic mass is 10.2. The van der Waals surface area contributed by atoms with Crippen molar-refractivity contribution in [3.05, 3.63) is 0 Å². The van der Waals surface area contributed by atoms with Gasteiger partial charge in [0.05, 0.1) is 172 Å². The van der Waals surface area contributed by atoms with Crippen LogP contribution in [0.2, 0.25) is 0 Å². The molecule has 3 N–H and O–H groups in total. The van der Waals surface area contributed by atoms with Gasteiger partial charge in [-0.2, -0.15) is 0 Å². The molecule has 352 valence electrons. The van der Waals surface area contributed by atoms with E-state index in [4.69, 9.17) is 70.6 Å². The summed E-state index contributed by atoms with van der Waals surface area (Å²) in [6.07, 6.45) is 0.279. The number of nitrogens with one attached hydrogen (secondary N) is 2. The van der Waals surface area contributed by atoms with E-state index in [1.807, 2.05) is 27.7 Å². The van der Waals surface area contributed by atoms with Crippen LogP contribution in [-0.4, -0.2) is 207 Å². The summed E-state index contributed by atoms with van der Waals surface area (Å²) in [5, 5.41) is 5.20. The molecule has 0 saturated carbocycles. The molecule has 0 aliphatic heterocycles. The van der Waals surface area contributed by atoms with Crippen molar-refractivity contribution in [2.75, 3.05) is 185 Å². The van der Waals surface area contributed by atoms with Crippen LogP contribution >= 0.6 is 7.82 Å². The van der Waals surface area contributed by atoms with E-state index in [1.165, 1.54) is 0 Å². The summed E-state index contributed by atoms with van der Waals surface area (Å²) in [4.78, 5) is 32.6. The predicted molar refractivity (Wildman–Crippen MR) is 214 cm³/mol. The minimum absolute atomic E-state index is 0.0891. The molecule has 2 amide bonds. The average Bonchev–Trinajstić information content (AvgIpc) is 3.19. The van der Waals surface area contributed by atoms with Crippen molar-refractivity contribution in [3.8, 4) is 0 Å². The molecule has 59 heavy (non-hydrogen) atoms. The van der Waals surface area contributed by atoms with Crippen LogP contribution in [0.1, 0.15) is 40.5 Å². The third kappa shape index (κ3) is 48.9. The first-order chi connectivity index (χ1) is 28.6. The van der Waals surface area contributed by atoms with Crippen LogP contribution < -0.4 is 10.6 Å². The van der Waals surface area contributed by atoms with Crippen LogP contribution in [0, 0.1) is 0 Å². The van der Waals surface area contributed by atoms with Gasteiger partial charge >= 0.3 is 13.9 Å². The largest absolute Gasteiger partial charge is 0.472 e. The molecule has 0 saturated heterocycles. The lowest BCUT2D eigenvalue weighted by Gasteiger charge is -2.19. The third-order valence-corrected chi connectivity index (χ3v) is 7.64. The molecule has 0 aliphatic carbocycles. The molecule has 0 radical (unpaired) electrons. The second-order valence-electron chi connectivity index (χ2n) is 13.0. The Morgan fingerprint density at radius 2 is 0.729 bits per heavy atom. The van der Waals surface area contributed by atoms with Crippen LogP contribution in [0.4, 0.5) is 4.79 Å². The fourth-order valence-corrected chi connectivity index (χ4v) is 4.72. The summed E-state index contributed by atoms with van der Waals surface area (Å²) in [6, 6.07) is 0. The quantitative estimate of drug-likeness (QED) is 0.0584. The van der Waals surface area contributed by atoms with Crippen molar-refractivity contribution in [3.63, 3.8) is 0 Å². The van der Waals surface area contributed by atoms with Gasteiger partial charge in [0, 0.05) is 19.5 Å². The van der Waals surface area contributed by atoms with Gasteiger partial charge in [-0.05, 0) is 27.2 Å². The Balaban J connectivity index is 3.18. The zero-order valence-corrected chi connectivity index (χ0v) is 36.9. The summed E-state index contributed by atoms with van der Waals surface area (Å²) in [5.74, 6) is -0.257. The monoisotopic (exact) mass is 882 g/mol. The maximum atomic E-state index is 11.7. The molecule has 0 aliphatic rings.